The van der Waals surface area contributed by atoms with Gasteiger partial charge in [0.2, 0.25) is 26.0 Å². The van der Waals surface area contributed by atoms with E-state index in [1.807, 2.05) is 0 Å². The van der Waals surface area contributed by atoms with Crippen LogP contribution in [0.2, 0.25) is 10.0 Å². The highest BCUT2D eigenvalue weighted by Gasteiger charge is 2.26. The minimum absolute atomic E-state index is 0.0230. The molecule has 3 rings (SSSR count). The number of amides is 1. The van der Waals surface area contributed by atoms with E-state index in [4.69, 9.17) is 32.7 Å². The number of hydrogen-bond acceptors (Lipinski definition) is 7. The van der Waals surface area contributed by atoms with Gasteiger partial charge in [0.1, 0.15) is 18.9 Å². The van der Waals surface area contributed by atoms with Gasteiger partial charge in [-0.05, 0) is 36.4 Å². The molecule has 2 aromatic rings. The summed E-state index contributed by atoms with van der Waals surface area (Å²) in [7, 11) is -7.41. The molecule has 0 radical (unpaired) electrons. The molecule has 1 amide bonds. The average Bonchev–Trinajstić information content (AvgIpc) is 2.82. The second kappa shape index (κ2) is 11.8. The third-order valence-corrected chi connectivity index (χ3v) is 8.86. The van der Waals surface area contributed by atoms with Crippen LogP contribution >= 0.6 is 23.2 Å². The lowest BCUT2D eigenvalue weighted by atomic mass is 10.3. The minimum Gasteiger partial charge on any atom is -0.492 e. The van der Waals surface area contributed by atoms with Gasteiger partial charge in [0.05, 0.1) is 46.6 Å². The largest absolute Gasteiger partial charge is 0.492 e. The Kier molecular flexibility index (Phi) is 9.24. The van der Waals surface area contributed by atoms with Gasteiger partial charge in [-0.2, -0.15) is 4.31 Å². The number of hydrogen-bond donors (Lipinski definition) is 1. The first-order chi connectivity index (χ1) is 16.5. The Hall–Kier alpha value is -2.09. The molecule has 0 bridgehead atoms. The molecule has 14 heteroatoms. The predicted octanol–water partition coefficient (Wildman–Crippen LogP) is 1.98. The Bertz CT molecular complexity index is 1250. The fraction of sp³-hybridized carbons (Fsp3) is 0.381. The summed E-state index contributed by atoms with van der Waals surface area (Å²) in [4.78, 5) is 12.5. The summed E-state index contributed by atoms with van der Waals surface area (Å²) in [6.45, 7) is 1.01. The molecule has 0 atom stereocenters. The van der Waals surface area contributed by atoms with Crippen LogP contribution in [0.1, 0.15) is 0 Å². The van der Waals surface area contributed by atoms with Crippen molar-refractivity contribution in [1.29, 1.82) is 0 Å². The van der Waals surface area contributed by atoms with Crippen molar-refractivity contribution in [2.45, 2.75) is 4.90 Å². The number of halogens is 2. The number of carbonyl (C=O) groups excluding carboxylic acids is 1. The van der Waals surface area contributed by atoms with Gasteiger partial charge in [-0.25, -0.2) is 16.8 Å². The first kappa shape index (κ1) is 27.5. The highest BCUT2D eigenvalue weighted by atomic mass is 35.5. The molecular formula is C21H25Cl2N3O7S2. The lowest BCUT2D eigenvalue weighted by Crippen LogP contribution is -2.41. The van der Waals surface area contributed by atoms with Crippen LogP contribution in [0.5, 0.6) is 5.75 Å². The second-order valence-corrected chi connectivity index (χ2v) is 12.2. The van der Waals surface area contributed by atoms with Gasteiger partial charge in [-0.15, -0.1) is 0 Å². The number of nitrogens with zero attached hydrogens (tertiary/aromatic N) is 2. The zero-order chi connectivity index (χ0) is 25.6. The molecule has 10 nitrogen and oxygen atoms in total. The smallest absolute Gasteiger partial charge is 0.243 e. The Morgan fingerprint density at radius 2 is 1.74 bits per heavy atom. The monoisotopic (exact) mass is 565 g/mol. The molecule has 0 aromatic heterocycles. The van der Waals surface area contributed by atoms with Crippen molar-refractivity contribution in [1.82, 2.24) is 9.62 Å². The molecule has 0 unspecified atom stereocenters. The zero-order valence-corrected chi connectivity index (χ0v) is 22.0. The van der Waals surface area contributed by atoms with E-state index in [0.29, 0.717) is 32.1 Å². The summed E-state index contributed by atoms with van der Waals surface area (Å²) in [6, 6.07) is 10.5. The maximum atomic E-state index is 12.7. The van der Waals surface area contributed by atoms with Gasteiger partial charge < -0.3 is 14.8 Å². The van der Waals surface area contributed by atoms with Gasteiger partial charge in [0.15, 0.2) is 0 Å². The van der Waals surface area contributed by atoms with Crippen LogP contribution in [-0.2, 0) is 29.6 Å². The number of carbonyl (C=O) groups is 1. The number of anilines is 1. The normalized spacial score (nSPS) is 14.9. The molecule has 1 aliphatic heterocycles. The van der Waals surface area contributed by atoms with E-state index in [1.54, 1.807) is 0 Å². The number of nitrogens with one attached hydrogen (secondary N) is 1. The number of sulfonamides is 2. The molecule has 1 heterocycles. The molecule has 0 spiro atoms. The molecule has 1 saturated heterocycles. The van der Waals surface area contributed by atoms with E-state index < -0.39 is 32.5 Å². The lowest BCUT2D eigenvalue weighted by Gasteiger charge is -2.26. The Balaban J connectivity index is 1.52. The van der Waals surface area contributed by atoms with Crippen molar-refractivity contribution in [2.24, 2.45) is 0 Å². The SMILES string of the molecule is CS(=O)(=O)N(CC(=O)NCCOc1ccc(S(=O)(=O)N2CCOCC2)cc1)c1cccc(Cl)c1Cl. The van der Waals surface area contributed by atoms with Crippen LogP contribution in [0.4, 0.5) is 5.69 Å². The maximum absolute atomic E-state index is 12.7. The van der Waals surface area contributed by atoms with E-state index in [2.05, 4.69) is 5.32 Å². The number of benzene rings is 2. The van der Waals surface area contributed by atoms with Crippen molar-refractivity contribution in [2.75, 3.05) is 56.6 Å². The van der Waals surface area contributed by atoms with Crippen LogP contribution in [0.3, 0.4) is 0 Å². The predicted molar refractivity (Wildman–Crippen MR) is 133 cm³/mol. The highest BCUT2D eigenvalue weighted by Crippen LogP contribution is 2.33. The fourth-order valence-corrected chi connectivity index (χ4v) is 5.97. The molecular weight excluding hydrogens is 541 g/mol. The van der Waals surface area contributed by atoms with Crippen LogP contribution < -0.4 is 14.4 Å². The van der Waals surface area contributed by atoms with Crippen molar-refractivity contribution >= 4 is 54.8 Å². The van der Waals surface area contributed by atoms with Gasteiger partial charge >= 0.3 is 0 Å². The molecule has 192 valence electrons. The van der Waals surface area contributed by atoms with Gasteiger partial charge in [0.25, 0.3) is 0 Å². The summed E-state index contributed by atoms with van der Waals surface area (Å²) >= 11 is 12.1. The van der Waals surface area contributed by atoms with E-state index in [9.17, 15) is 21.6 Å². The summed E-state index contributed by atoms with van der Waals surface area (Å²) in [5.41, 5.74) is 0.0974. The lowest BCUT2D eigenvalue weighted by molar-refractivity contribution is -0.119. The highest BCUT2D eigenvalue weighted by molar-refractivity contribution is 7.92. The first-order valence-corrected chi connectivity index (χ1v) is 14.5. The first-order valence-electron chi connectivity index (χ1n) is 10.5. The van der Waals surface area contributed by atoms with Crippen molar-refractivity contribution in [3.8, 4) is 5.75 Å². The van der Waals surface area contributed by atoms with Crippen LogP contribution in [0.25, 0.3) is 0 Å². The Labute approximate surface area is 214 Å². The summed E-state index contributed by atoms with van der Waals surface area (Å²) in [5.74, 6) is -0.148. The fourth-order valence-electron chi connectivity index (χ4n) is 3.26. The third-order valence-electron chi connectivity index (χ3n) is 5.01. The third kappa shape index (κ3) is 7.21. The topological polar surface area (TPSA) is 122 Å². The second-order valence-electron chi connectivity index (χ2n) is 7.53. The van der Waals surface area contributed by atoms with Crippen LogP contribution in [-0.4, -0.2) is 79.3 Å². The van der Waals surface area contributed by atoms with Gasteiger partial charge in [-0.3, -0.25) is 9.10 Å². The molecule has 1 aliphatic rings. The molecule has 1 fully saturated rings. The Morgan fingerprint density at radius 3 is 2.37 bits per heavy atom. The average molecular weight is 566 g/mol. The molecule has 0 aliphatic carbocycles. The van der Waals surface area contributed by atoms with E-state index in [0.717, 1.165) is 10.6 Å². The molecule has 35 heavy (non-hydrogen) atoms. The number of rotatable bonds is 10. The van der Waals surface area contributed by atoms with Gasteiger partial charge in [-0.1, -0.05) is 29.3 Å². The van der Waals surface area contributed by atoms with Gasteiger partial charge in [0, 0.05) is 13.1 Å². The van der Waals surface area contributed by atoms with Crippen molar-refractivity contribution in [3.05, 3.63) is 52.5 Å². The van der Waals surface area contributed by atoms with Crippen molar-refractivity contribution < 1.29 is 31.1 Å². The number of morpholine rings is 1. The summed E-state index contributed by atoms with van der Waals surface area (Å²) in [5, 5.41) is 2.76. The maximum Gasteiger partial charge on any atom is 0.243 e. The quantitative estimate of drug-likeness (QED) is 0.437. The standard InChI is InChI=1S/C21H25Cl2N3O7S2/c1-34(28,29)26(19-4-2-3-18(22)21(19)23)15-20(27)24-9-12-33-16-5-7-17(8-6-16)35(30,31)25-10-13-32-14-11-25/h2-8H,9-15H2,1H3,(H,24,27). The summed E-state index contributed by atoms with van der Waals surface area (Å²) in [6.07, 6.45) is 0.962. The Morgan fingerprint density at radius 1 is 1.09 bits per heavy atom. The summed E-state index contributed by atoms with van der Waals surface area (Å²) < 4.78 is 62.7. The van der Waals surface area contributed by atoms with E-state index in [-0.39, 0.29) is 33.8 Å². The van der Waals surface area contributed by atoms with E-state index >= 15 is 0 Å². The molecule has 2 aromatic carbocycles. The zero-order valence-electron chi connectivity index (χ0n) is 18.8. The van der Waals surface area contributed by atoms with Crippen LogP contribution in [0.15, 0.2) is 47.4 Å². The van der Waals surface area contributed by atoms with Crippen LogP contribution in [0, 0.1) is 0 Å². The number of ether oxygens (including phenoxy) is 2. The van der Waals surface area contributed by atoms with Crippen molar-refractivity contribution in [3.63, 3.8) is 0 Å². The minimum atomic E-state index is -3.81. The van der Waals surface area contributed by atoms with E-state index in [1.165, 1.54) is 46.8 Å². The molecule has 1 N–H and O–H groups in total. The molecule has 0 saturated carbocycles.